The van der Waals surface area contributed by atoms with Crippen molar-refractivity contribution in [2.24, 2.45) is 11.8 Å². The Bertz CT molecular complexity index is 124. The number of piperidine rings is 1. The average Bonchev–Trinajstić information content (AvgIpc) is 2.36. The molecular formula is C8H16N2. The summed E-state index contributed by atoms with van der Waals surface area (Å²) in [6.07, 6.45) is 3.38. The van der Waals surface area contributed by atoms with Gasteiger partial charge in [0.05, 0.1) is 6.17 Å². The molecule has 3 atom stereocenters. The second-order valence-electron chi connectivity index (χ2n) is 3.60. The van der Waals surface area contributed by atoms with Gasteiger partial charge in [0.25, 0.3) is 0 Å². The molecule has 0 aliphatic carbocycles. The van der Waals surface area contributed by atoms with Crippen molar-refractivity contribution in [2.45, 2.75) is 25.9 Å². The summed E-state index contributed by atoms with van der Waals surface area (Å²) >= 11 is 0. The van der Waals surface area contributed by atoms with Crippen molar-refractivity contribution in [2.75, 3.05) is 13.1 Å². The predicted octanol–water partition coefficient (Wildman–Crippen LogP) is 0.551. The van der Waals surface area contributed by atoms with Crippen LogP contribution < -0.4 is 10.6 Å². The standard InChI is InChI=1S/C8H16N2/c1-6-2-4-9-8-7(6)3-5-10-8/h6-10H,2-5H2,1H3. The molecule has 2 aliphatic rings. The van der Waals surface area contributed by atoms with Crippen LogP contribution in [0.25, 0.3) is 0 Å². The van der Waals surface area contributed by atoms with E-state index in [1.54, 1.807) is 0 Å². The molecule has 0 saturated carbocycles. The summed E-state index contributed by atoms with van der Waals surface area (Å²) in [6, 6.07) is 0. The van der Waals surface area contributed by atoms with Crippen molar-refractivity contribution in [3.8, 4) is 0 Å². The molecule has 2 fully saturated rings. The Morgan fingerprint density at radius 3 is 2.50 bits per heavy atom. The van der Waals surface area contributed by atoms with Gasteiger partial charge < -0.3 is 10.6 Å². The van der Waals surface area contributed by atoms with Crippen LogP contribution >= 0.6 is 0 Å². The molecule has 0 radical (unpaired) electrons. The third-order valence-corrected chi connectivity index (χ3v) is 2.96. The first-order valence-electron chi connectivity index (χ1n) is 4.34. The van der Waals surface area contributed by atoms with Gasteiger partial charge in [-0.3, -0.25) is 0 Å². The normalized spacial score (nSPS) is 47.1. The van der Waals surface area contributed by atoms with Gasteiger partial charge >= 0.3 is 0 Å². The fourth-order valence-corrected chi connectivity index (χ4v) is 2.24. The van der Waals surface area contributed by atoms with Crippen LogP contribution in [-0.2, 0) is 0 Å². The molecule has 2 heterocycles. The van der Waals surface area contributed by atoms with Gasteiger partial charge in [0.2, 0.25) is 0 Å². The minimum atomic E-state index is 0.642. The van der Waals surface area contributed by atoms with Gasteiger partial charge in [-0.25, -0.2) is 0 Å². The highest BCUT2D eigenvalue weighted by molar-refractivity contribution is 4.88. The molecule has 2 N–H and O–H groups in total. The van der Waals surface area contributed by atoms with Crippen LogP contribution in [0, 0.1) is 11.8 Å². The summed E-state index contributed by atoms with van der Waals surface area (Å²) in [6.45, 7) is 4.80. The molecule has 0 bridgehead atoms. The Hall–Kier alpha value is -0.0800. The van der Waals surface area contributed by atoms with Crippen molar-refractivity contribution in [3.63, 3.8) is 0 Å². The lowest BCUT2D eigenvalue weighted by atomic mass is 9.86. The molecule has 58 valence electrons. The summed E-state index contributed by atoms with van der Waals surface area (Å²) in [5.41, 5.74) is 0. The second kappa shape index (κ2) is 2.51. The highest BCUT2D eigenvalue weighted by atomic mass is 15.2. The minimum absolute atomic E-state index is 0.642. The Kier molecular flexibility index (Phi) is 1.66. The van der Waals surface area contributed by atoms with Gasteiger partial charge in [0.15, 0.2) is 0 Å². The molecule has 2 aliphatic heterocycles. The van der Waals surface area contributed by atoms with Crippen LogP contribution in [0.4, 0.5) is 0 Å². The van der Waals surface area contributed by atoms with Crippen molar-refractivity contribution in [1.29, 1.82) is 0 Å². The van der Waals surface area contributed by atoms with E-state index in [1.165, 1.54) is 25.9 Å². The van der Waals surface area contributed by atoms with Crippen LogP contribution in [0.3, 0.4) is 0 Å². The zero-order valence-corrected chi connectivity index (χ0v) is 6.56. The number of hydrogen-bond acceptors (Lipinski definition) is 2. The molecule has 2 saturated heterocycles. The summed E-state index contributed by atoms with van der Waals surface area (Å²) in [4.78, 5) is 0. The molecule has 0 spiro atoms. The van der Waals surface area contributed by atoms with E-state index in [0.29, 0.717) is 6.17 Å². The summed E-state index contributed by atoms with van der Waals surface area (Å²) in [5.74, 6) is 1.84. The lowest BCUT2D eigenvalue weighted by Gasteiger charge is -2.31. The SMILES string of the molecule is CC1CCNC2NCCC12. The number of hydrogen-bond donors (Lipinski definition) is 2. The molecule has 3 unspecified atom stereocenters. The minimum Gasteiger partial charge on any atom is -0.302 e. The molecular weight excluding hydrogens is 124 g/mol. The lowest BCUT2D eigenvalue weighted by Crippen LogP contribution is -2.48. The maximum absolute atomic E-state index is 3.50. The molecule has 2 rings (SSSR count). The second-order valence-corrected chi connectivity index (χ2v) is 3.60. The zero-order valence-electron chi connectivity index (χ0n) is 6.56. The van der Waals surface area contributed by atoms with Crippen molar-refractivity contribution < 1.29 is 0 Å². The van der Waals surface area contributed by atoms with E-state index in [4.69, 9.17) is 0 Å². The summed E-state index contributed by atoms with van der Waals surface area (Å²) in [5, 5.41) is 6.98. The topological polar surface area (TPSA) is 24.1 Å². The van der Waals surface area contributed by atoms with E-state index in [1.807, 2.05) is 0 Å². The third-order valence-electron chi connectivity index (χ3n) is 2.96. The molecule has 0 amide bonds. The maximum atomic E-state index is 3.50. The molecule has 0 aromatic carbocycles. The molecule has 0 aromatic heterocycles. The van der Waals surface area contributed by atoms with Gasteiger partial charge in [-0.05, 0) is 37.8 Å². The molecule has 2 heteroatoms. The van der Waals surface area contributed by atoms with E-state index in [2.05, 4.69) is 17.6 Å². The van der Waals surface area contributed by atoms with Crippen LogP contribution in [0.2, 0.25) is 0 Å². The average molecular weight is 140 g/mol. The largest absolute Gasteiger partial charge is 0.302 e. The first-order chi connectivity index (χ1) is 4.88. The first kappa shape index (κ1) is 6.62. The van der Waals surface area contributed by atoms with E-state index in [9.17, 15) is 0 Å². The maximum Gasteiger partial charge on any atom is 0.0603 e. The van der Waals surface area contributed by atoms with Crippen LogP contribution in [0.5, 0.6) is 0 Å². The van der Waals surface area contributed by atoms with Crippen LogP contribution in [-0.4, -0.2) is 19.3 Å². The van der Waals surface area contributed by atoms with E-state index >= 15 is 0 Å². The molecule has 0 aromatic rings. The Balaban J connectivity index is 2.03. The quantitative estimate of drug-likeness (QED) is 0.513. The zero-order chi connectivity index (χ0) is 6.97. The fraction of sp³-hybridized carbons (Fsp3) is 1.00. The highest BCUT2D eigenvalue weighted by Gasteiger charge is 2.33. The van der Waals surface area contributed by atoms with Gasteiger partial charge in [0, 0.05) is 0 Å². The van der Waals surface area contributed by atoms with Gasteiger partial charge in [-0.2, -0.15) is 0 Å². The third kappa shape index (κ3) is 0.956. The van der Waals surface area contributed by atoms with Crippen LogP contribution in [0.1, 0.15) is 19.8 Å². The van der Waals surface area contributed by atoms with E-state index in [-0.39, 0.29) is 0 Å². The van der Waals surface area contributed by atoms with Crippen LogP contribution in [0.15, 0.2) is 0 Å². The predicted molar refractivity (Wildman–Crippen MR) is 41.7 cm³/mol. The first-order valence-corrected chi connectivity index (χ1v) is 4.34. The number of fused-ring (bicyclic) bond motifs is 1. The molecule has 10 heavy (non-hydrogen) atoms. The van der Waals surface area contributed by atoms with Gasteiger partial charge in [-0.1, -0.05) is 6.92 Å². The summed E-state index contributed by atoms with van der Waals surface area (Å²) < 4.78 is 0. The number of rotatable bonds is 0. The smallest absolute Gasteiger partial charge is 0.0603 e. The highest BCUT2D eigenvalue weighted by Crippen LogP contribution is 2.28. The van der Waals surface area contributed by atoms with Gasteiger partial charge in [-0.15, -0.1) is 0 Å². The van der Waals surface area contributed by atoms with Crippen molar-refractivity contribution in [3.05, 3.63) is 0 Å². The Labute approximate surface area is 62.4 Å². The number of nitrogens with one attached hydrogen (secondary N) is 2. The Morgan fingerprint density at radius 2 is 1.80 bits per heavy atom. The Morgan fingerprint density at radius 1 is 1.10 bits per heavy atom. The molecule has 2 nitrogen and oxygen atoms in total. The van der Waals surface area contributed by atoms with Crippen molar-refractivity contribution in [1.82, 2.24) is 10.6 Å². The van der Waals surface area contributed by atoms with E-state index < -0.39 is 0 Å². The summed E-state index contributed by atoms with van der Waals surface area (Å²) in [7, 11) is 0. The van der Waals surface area contributed by atoms with Crippen molar-refractivity contribution >= 4 is 0 Å². The lowest BCUT2D eigenvalue weighted by molar-refractivity contribution is 0.221. The van der Waals surface area contributed by atoms with Gasteiger partial charge in [0.1, 0.15) is 0 Å². The fourth-order valence-electron chi connectivity index (χ4n) is 2.24. The monoisotopic (exact) mass is 140 g/mol. The van der Waals surface area contributed by atoms with E-state index in [0.717, 1.165) is 11.8 Å².